The van der Waals surface area contributed by atoms with Crippen molar-refractivity contribution in [1.29, 1.82) is 0 Å². The minimum atomic E-state index is 0.270. The smallest absolute Gasteiger partial charge is 0.201 e. The lowest BCUT2D eigenvalue weighted by Gasteiger charge is -2.17. The maximum atomic E-state index is 6.16. The van der Waals surface area contributed by atoms with Gasteiger partial charge in [0.2, 0.25) is 5.95 Å². The lowest BCUT2D eigenvalue weighted by Crippen LogP contribution is -2.11. The summed E-state index contributed by atoms with van der Waals surface area (Å²) in [6, 6.07) is 10.8. The summed E-state index contributed by atoms with van der Waals surface area (Å²) in [5.74, 6) is 0.601. The van der Waals surface area contributed by atoms with Gasteiger partial charge in [-0.2, -0.15) is 0 Å². The number of nitrogens with two attached hydrogens (primary N) is 1. The molecule has 0 amide bonds. The standard InChI is InChI=1S/C15H17N3S/c1-3-11(13-8-5-9-19-13)18-12-7-4-6-10(2)14(12)17-15(18)16/h4-9,11H,3H2,1-2H3,(H2,16,17). The van der Waals surface area contributed by atoms with Gasteiger partial charge in [0.1, 0.15) is 0 Å². The molecule has 0 saturated carbocycles. The number of nitrogens with zero attached hydrogens (tertiary/aromatic N) is 2. The fourth-order valence-electron chi connectivity index (χ4n) is 2.59. The number of imidazole rings is 1. The second-order valence-electron chi connectivity index (χ2n) is 4.72. The lowest BCUT2D eigenvalue weighted by molar-refractivity contribution is 0.599. The predicted octanol–water partition coefficient (Wildman–Crippen LogP) is 3.99. The number of hydrogen-bond acceptors (Lipinski definition) is 3. The van der Waals surface area contributed by atoms with Crippen molar-refractivity contribution < 1.29 is 0 Å². The van der Waals surface area contributed by atoms with E-state index >= 15 is 0 Å². The van der Waals surface area contributed by atoms with Crippen LogP contribution in [0.5, 0.6) is 0 Å². The van der Waals surface area contributed by atoms with Gasteiger partial charge in [-0.1, -0.05) is 25.1 Å². The van der Waals surface area contributed by atoms with Crippen LogP contribution >= 0.6 is 11.3 Å². The van der Waals surface area contributed by atoms with E-state index in [4.69, 9.17) is 5.73 Å². The van der Waals surface area contributed by atoms with Crippen LogP contribution in [0.25, 0.3) is 11.0 Å². The molecular weight excluding hydrogens is 254 g/mol. The largest absolute Gasteiger partial charge is 0.369 e. The van der Waals surface area contributed by atoms with Crippen LogP contribution in [0.1, 0.15) is 29.8 Å². The minimum absolute atomic E-state index is 0.270. The van der Waals surface area contributed by atoms with Gasteiger partial charge in [-0.05, 0) is 36.4 Å². The van der Waals surface area contributed by atoms with Gasteiger partial charge in [0.25, 0.3) is 0 Å². The molecule has 1 atom stereocenters. The Balaban J connectivity index is 2.24. The summed E-state index contributed by atoms with van der Waals surface area (Å²) < 4.78 is 2.16. The normalized spacial score (nSPS) is 12.9. The van der Waals surface area contributed by atoms with Crippen LogP contribution in [0.4, 0.5) is 5.95 Å². The highest BCUT2D eigenvalue weighted by molar-refractivity contribution is 7.10. The number of para-hydroxylation sites is 1. The lowest BCUT2D eigenvalue weighted by atomic mass is 10.1. The summed E-state index contributed by atoms with van der Waals surface area (Å²) >= 11 is 1.77. The van der Waals surface area contributed by atoms with Gasteiger partial charge in [0.05, 0.1) is 17.1 Å². The first-order valence-electron chi connectivity index (χ1n) is 6.48. The Morgan fingerprint density at radius 2 is 2.16 bits per heavy atom. The van der Waals surface area contributed by atoms with Gasteiger partial charge >= 0.3 is 0 Å². The van der Waals surface area contributed by atoms with Crippen molar-refractivity contribution in [2.24, 2.45) is 0 Å². The van der Waals surface area contributed by atoms with E-state index in [2.05, 4.69) is 59.1 Å². The maximum Gasteiger partial charge on any atom is 0.201 e. The number of anilines is 1. The van der Waals surface area contributed by atoms with Crippen LogP contribution in [-0.4, -0.2) is 9.55 Å². The molecule has 1 unspecified atom stereocenters. The summed E-state index contributed by atoms with van der Waals surface area (Å²) in [7, 11) is 0. The molecule has 2 N–H and O–H groups in total. The second kappa shape index (κ2) is 4.70. The van der Waals surface area contributed by atoms with Gasteiger partial charge < -0.3 is 10.3 Å². The Morgan fingerprint density at radius 3 is 2.84 bits per heavy atom. The summed E-state index contributed by atoms with van der Waals surface area (Å²) in [5, 5.41) is 2.11. The van der Waals surface area contributed by atoms with E-state index in [9.17, 15) is 0 Å². The number of aromatic nitrogens is 2. The van der Waals surface area contributed by atoms with Crippen molar-refractivity contribution in [2.75, 3.05) is 5.73 Å². The van der Waals surface area contributed by atoms with Crippen LogP contribution in [0.2, 0.25) is 0 Å². The molecule has 0 fully saturated rings. The topological polar surface area (TPSA) is 43.8 Å². The van der Waals surface area contributed by atoms with Crippen molar-refractivity contribution in [1.82, 2.24) is 9.55 Å². The average Bonchev–Trinajstić information content (AvgIpc) is 3.01. The van der Waals surface area contributed by atoms with Crippen LogP contribution in [0.3, 0.4) is 0 Å². The van der Waals surface area contributed by atoms with E-state index in [1.165, 1.54) is 10.4 Å². The Hall–Kier alpha value is -1.81. The average molecular weight is 271 g/mol. The molecule has 3 nitrogen and oxygen atoms in total. The monoisotopic (exact) mass is 271 g/mol. The first-order chi connectivity index (χ1) is 9.22. The van der Waals surface area contributed by atoms with E-state index < -0.39 is 0 Å². The fraction of sp³-hybridized carbons (Fsp3) is 0.267. The van der Waals surface area contributed by atoms with E-state index in [0.29, 0.717) is 5.95 Å². The third-order valence-electron chi connectivity index (χ3n) is 3.52. The Morgan fingerprint density at radius 1 is 1.32 bits per heavy atom. The number of fused-ring (bicyclic) bond motifs is 1. The molecule has 3 aromatic rings. The molecule has 3 rings (SSSR count). The Labute approximate surface area is 116 Å². The molecule has 98 valence electrons. The zero-order chi connectivity index (χ0) is 13.4. The van der Waals surface area contributed by atoms with E-state index in [0.717, 1.165) is 17.5 Å². The van der Waals surface area contributed by atoms with Crippen molar-refractivity contribution >= 4 is 28.3 Å². The molecule has 19 heavy (non-hydrogen) atoms. The molecule has 0 radical (unpaired) electrons. The number of aryl methyl sites for hydroxylation is 1. The molecule has 4 heteroatoms. The molecular formula is C15H17N3S. The summed E-state index contributed by atoms with van der Waals surface area (Å²) in [6.45, 7) is 4.26. The maximum absolute atomic E-state index is 6.16. The molecule has 0 aliphatic rings. The van der Waals surface area contributed by atoms with E-state index in [1.54, 1.807) is 11.3 Å². The van der Waals surface area contributed by atoms with Crippen LogP contribution in [0, 0.1) is 6.92 Å². The van der Waals surface area contributed by atoms with Crippen LogP contribution < -0.4 is 5.73 Å². The van der Waals surface area contributed by atoms with Crippen LogP contribution in [-0.2, 0) is 0 Å². The van der Waals surface area contributed by atoms with Crippen molar-refractivity contribution in [3.05, 3.63) is 46.2 Å². The third-order valence-corrected chi connectivity index (χ3v) is 4.49. The highest BCUT2D eigenvalue weighted by Crippen LogP contribution is 2.32. The first-order valence-corrected chi connectivity index (χ1v) is 7.36. The van der Waals surface area contributed by atoms with Gasteiger partial charge in [0, 0.05) is 4.88 Å². The number of benzene rings is 1. The fourth-order valence-corrected chi connectivity index (χ4v) is 3.50. The van der Waals surface area contributed by atoms with Gasteiger partial charge in [-0.15, -0.1) is 11.3 Å². The molecule has 0 saturated heterocycles. The second-order valence-corrected chi connectivity index (χ2v) is 5.70. The van der Waals surface area contributed by atoms with E-state index in [1.807, 2.05) is 0 Å². The zero-order valence-corrected chi connectivity index (χ0v) is 11.9. The van der Waals surface area contributed by atoms with E-state index in [-0.39, 0.29) is 6.04 Å². The molecule has 2 heterocycles. The zero-order valence-electron chi connectivity index (χ0n) is 11.1. The van der Waals surface area contributed by atoms with Crippen molar-refractivity contribution in [3.63, 3.8) is 0 Å². The quantitative estimate of drug-likeness (QED) is 0.782. The van der Waals surface area contributed by atoms with Crippen molar-refractivity contribution in [3.8, 4) is 0 Å². The van der Waals surface area contributed by atoms with Gasteiger partial charge in [-0.3, -0.25) is 0 Å². The number of nitrogen functional groups attached to an aromatic ring is 1. The molecule has 0 aliphatic heterocycles. The molecule has 0 bridgehead atoms. The SMILES string of the molecule is CCC(c1cccs1)n1c(N)nc2c(C)cccc21. The molecule has 2 aromatic heterocycles. The summed E-state index contributed by atoms with van der Waals surface area (Å²) in [5.41, 5.74) is 9.46. The molecule has 1 aromatic carbocycles. The summed E-state index contributed by atoms with van der Waals surface area (Å²) in [4.78, 5) is 5.87. The predicted molar refractivity (Wildman–Crippen MR) is 81.6 cm³/mol. The Bertz CT molecular complexity index is 698. The van der Waals surface area contributed by atoms with Crippen LogP contribution in [0.15, 0.2) is 35.7 Å². The Kier molecular flexibility index (Phi) is 3.03. The first kappa shape index (κ1) is 12.2. The number of hydrogen-bond donors (Lipinski definition) is 1. The van der Waals surface area contributed by atoms with Gasteiger partial charge in [0.15, 0.2) is 0 Å². The third kappa shape index (κ3) is 1.92. The summed E-state index contributed by atoms with van der Waals surface area (Å²) in [6.07, 6.45) is 1.00. The van der Waals surface area contributed by atoms with Gasteiger partial charge in [-0.25, -0.2) is 4.98 Å². The van der Waals surface area contributed by atoms with Crippen molar-refractivity contribution in [2.45, 2.75) is 26.3 Å². The minimum Gasteiger partial charge on any atom is -0.369 e. The molecule has 0 spiro atoms. The highest BCUT2D eigenvalue weighted by Gasteiger charge is 2.19. The number of rotatable bonds is 3. The molecule has 0 aliphatic carbocycles. The number of thiophene rings is 1. The highest BCUT2D eigenvalue weighted by atomic mass is 32.1.